The van der Waals surface area contributed by atoms with Crippen LogP contribution >= 0.6 is 0 Å². The number of amides is 2. The lowest BCUT2D eigenvalue weighted by Gasteiger charge is -2.36. The molecule has 2 amide bonds. The topological polar surface area (TPSA) is 48.1 Å². The highest BCUT2D eigenvalue weighted by molar-refractivity contribution is 5.86. The number of hydrogen-bond acceptors (Lipinski definition) is 1. The minimum absolute atomic E-state index is 0.0320. The molecule has 3 aromatic carbocycles. The van der Waals surface area contributed by atoms with Gasteiger partial charge in [-0.05, 0) is 43.0 Å². The zero-order valence-corrected chi connectivity index (χ0v) is 18.0. The van der Waals surface area contributed by atoms with E-state index in [-0.39, 0.29) is 12.1 Å². The second kappa shape index (κ2) is 7.95. The maximum atomic E-state index is 13.3. The average Bonchev–Trinajstić information content (AvgIpc) is 3.17. The molecule has 31 heavy (non-hydrogen) atoms. The number of aromatic amines is 1. The molecule has 2 N–H and O–H groups in total. The highest BCUT2D eigenvalue weighted by atomic mass is 16.2. The van der Waals surface area contributed by atoms with E-state index in [0.717, 1.165) is 28.8 Å². The van der Waals surface area contributed by atoms with Gasteiger partial charge in [-0.3, -0.25) is 0 Å². The maximum absolute atomic E-state index is 13.3. The molecule has 2 heterocycles. The Kier molecular flexibility index (Phi) is 4.99. The van der Waals surface area contributed by atoms with Crippen molar-refractivity contribution in [2.45, 2.75) is 32.9 Å². The van der Waals surface area contributed by atoms with Crippen LogP contribution in [0, 0.1) is 13.8 Å². The Labute approximate surface area is 182 Å². The van der Waals surface area contributed by atoms with Crippen LogP contribution in [-0.2, 0) is 13.0 Å². The van der Waals surface area contributed by atoms with E-state index < -0.39 is 0 Å². The number of fused-ring (bicyclic) bond motifs is 3. The molecular formula is C27H27N3O. The van der Waals surface area contributed by atoms with E-state index in [1.54, 1.807) is 0 Å². The lowest BCUT2D eigenvalue weighted by molar-refractivity contribution is 0.179. The van der Waals surface area contributed by atoms with Crippen molar-refractivity contribution in [2.24, 2.45) is 0 Å². The van der Waals surface area contributed by atoms with Crippen molar-refractivity contribution < 1.29 is 4.79 Å². The fourth-order valence-electron chi connectivity index (χ4n) is 4.54. The van der Waals surface area contributed by atoms with Crippen LogP contribution in [0.5, 0.6) is 0 Å². The minimum atomic E-state index is -0.130. The number of benzene rings is 3. The third-order valence-electron chi connectivity index (χ3n) is 6.25. The molecule has 0 fully saturated rings. The molecular weight excluding hydrogens is 382 g/mol. The van der Waals surface area contributed by atoms with Crippen LogP contribution in [0.15, 0.2) is 72.8 Å². The summed E-state index contributed by atoms with van der Waals surface area (Å²) in [6, 6.07) is 25.1. The molecule has 0 aliphatic carbocycles. The fourth-order valence-corrected chi connectivity index (χ4v) is 4.54. The van der Waals surface area contributed by atoms with Gasteiger partial charge in [0.2, 0.25) is 0 Å². The van der Waals surface area contributed by atoms with Gasteiger partial charge in [0.1, 0.15) is 0 Å². The molecule has 1 aliphatic heterocycles. The molecule has 0 saturated carbocycles. The lowest BCUT2D eigenvalue weighted by atomic mass is 9.92. The molecule has 1 aliphatic rings. The first kappa shape index (κ1) is 19.4. The molecule has 0 radical (unpaired) electrons. The van der Waals surface area contributed by atoms with E-state index in [1.807, 2.05) is 4.90 Å². The molecule has 0 bridgehead atoms. The third kappa shape index (κ3) is 3.70. The number of H-pyrrole nitrogens is 1. The second-order valence-electron chi connectivity index (χ2n) is 8.46. The van der Waals surface area contributed by atoms with Gasteiger partial charge in [0.05, 0.1) is 6.04 Å². The van der Waals surface area contributed by atoms with Gasteiger partial charge in [0.15, 0.2) is 0 Å². The third-order valence-corrected chi connectivity index (χ3v) is 6.25. The number of aromatic nitrogens is 1. The predicted molar refractivity (Wildman–Crippen MR) is 125 cm³/mol. The Hall–Kier alpha value is -3.53. The SMILES string of the molecule is Cc1ccc(CNC(=O)N2CCc3c([nH]c4ccccc34)[C@@H]2c2ccc(C)cc2)cc1. The summed E-state index contributed by atoms with van der Waals surface area (Å²) in [5, 5.41) is 4.40. The van der Waals surface area contributed by atoms with Crippen molar-refractivity contribution in [1.82, 2.24) is 15.2 Å². The Morgan fingerprint density at radius 1 is 0.968 bits per heavy atom. The highest BCUT2D eigenvalue weighted by Gasteiger charge is 2.34. The largest absolute Gasteiger partial charge is 0.356 e. The van der Waals surface area contributed by atoms with Crippen LogP contribution in [0.1, 0.15) is 39.6 Å². The molecule has 1 atom stereocenters. The van der Waals surface area contributed by atoms with Crippen molar-refractivity contribution in [3.63, 3.8) is 0 Å². The summed E-state index contributed by atoms with van der Waals surface area (Å²) in [4.78, 5) is 18.9. The minimum Gasteiger partial charge on any atom is -0.356 e. The number of rotatable bonds is 3. The number of nitrogens with zero attached hydrogens (tertiary/aromatic N) is 1. The van der Waals surface area contributed by atoms with Gasteiger partial charge < -0.3 is 15.2 Å². The predicted octanol–water partition coefficient (Wildman–Crippen LogP) is 5.64. The van der Waals surface area contributed by atoms with Gasteiger partial charge in [-0.1, -0.05) is 77.9 Å². The van der Waals surface area contributed by atoms with Gasteiger partial charge in [-0.25, -0.2) is 4.79 Å². The molecule has 0 saturated heterocycles. The average molecular weight is 410 g/mol. The van der Waals surface area contributed by atoms with Crippen molar-refractivity contribution in [1.29, 1.82) is 0 Å². The number of urea groups is 1. The van der Waals surface area contributed by atoms with E-state index in [0.29, 0.717) is 13.1 Å². The van der Waals surface area contributed by atoms with E-state index in [9.17, 15) is 4.79 Å². The molecule has 5 rings (SSSR count). The fraction of sp³-hybridized carbons (Fsp3) is 0.222. The first-order chi connectivity index (χ1) is 15.1. The number of carbonyl (C=O) groups is 1. The van der Waals surface area contributed by atoms with Gasteiger partial charge >= 0.3 is 6.03 Å². The van der Waals surface area contributed by atoms with Crippen LogP contribution < -0.4 is 5.32 Å². The summed E-state index contributed by atoms with van der Waals surface area (Å²) in [6.07, 6.45) is 0.847. The van der Waals surface area contributed by atoms with Gasteiger partial charge in [-0.2, -0.15) is 0 Å². The van der Waals surface area contributed by atoms with E-state index >= 15 is 0 Å². The summed E-state index contributed by atoms with van der Waals surface area (Å²) in [5.41, 5.74) is 8.25. The van der Waals surface area contributed by atoms with Gasteiger partial charge in [0.25, 0.3) is 0 Å². The zero-order chi connectivity index (χ0) is 21.4. The first-order valence-electron chi connectivity index (χ1n) is 10.9. The van der Waals surface area contributed by atoms with Crippen LogP contribution in [0.3, 0.4) is 0 Å². The quantitative estimate of drug-likeness (QED) is 0.452. The summed E-state index contributed by atoms with van der Waals surface area (Å²) in [6.45, 7) is 5.37. The normalized spacial score (nSPS) is 15.7. The Bertz CT molecular complexity index is 1220. The van der Waals surface area contributed by atoms with Crippen molar-refractivity contribution in [2.75, 3.05) is 6.54 Å². The summed E-state index contributed by atoms with van der Waals surface area (Å²) < 4.78 is 0. The molecule has 0 spiro atoms. The summed E-state index contributed by atoms with van der Waals surface area (Å²) in [5.74, 6) is 0. The standard InChI is InChI=1S/C27H27N3O/c1-18-7-11-20(12-8-18)17-28-27(31)30-16-15-23-22-5-3-4-6-24(22)29-25(23)26(30)21-13-9-19(2)10-14-21/h3-14,26,29H,15-17H2,1-2H3,(H,28,31)/t26-/m0/s1. The molecule has 4 aromatic rings. The van der Waals surface area contributed by atoms with Crippen molar-refractivity contribution >= 4 is 16.9 Å². The van der Waals surface area contributed by atoms with Gasteiger partial charge in [-0.15, -0.1) is 0 Å². The molecule has 156 valence electrons. The first-order valence-corrected chi connectivity index (χ1v) is 10.9. The van der Waals surface area contributed by atoms with Crippen LogP contribution in [0.25, 0.3) is 10.9 Å². The number of hydrogen-bond donors (Lipinski definition) is 2. The molecule has 4 heteroatoms. The zero-order valence-electron chi connectivity index (χ0n) is 18.0. The van der Waals surface area contributed by atoms with Crippen LogP contribution in [0.4, 0.5) is 4.79 Å². The Morgan fingerprint density at radius 2 is 1.65 bits per heavy atom. The Morgan fingerprint density at radius 3 is 2.39 bits per heavy atom. The molecule has 1 aromatic heterocycles. The summed E-state index contributed by atoms with van der Waals surface area (Å²) in [7, 11) is 0. The Balaban J connectivity index is 1.49. The molecule has 4 nitrogen and oxygen atoms in total. The summed E-state index contributed by atoms with van der Waals surface area (Å²) >= 11 is 0. The maximum Gasteiger partial charge on any atom is 0.318 e. The van der Waals surface area contributed by atoms with Crippen LogP contribution in [-0.4, -0.2) is 22.5 Å². The number of aryl methyl sites for hydroxylation is 2. The monoisotopic (exact) mass is 409 g/mol. The second-order valence-corrected chi connectivity index (χ2v) is 8.46. The van der Waals surface area contributed by atoms with Crippen LogP contribution in [0.2, 0.25) is 0 Å². The number of nitrogens with one attached hydrogen (secondary N) is 2. The van der Waals surface area contributed by atoms with E-state index in [1.165, 1.54) is 22.1 Å². The lowest BCUT2D eigenvalue weighted by Crippen LogP contribution is -2.45. The number of carbonyl (C=O) groups excluding carboxylic acids is 1. The highest BCUT2D eigenvalue weighted by Crippen LogP contribution is 2.38. The molecule has 0 unspecified atom stereocenters. The van der Waals surface area contributed by atoms with Crippen molar-refractivity contribution in [3.05, 3.63) is 106 Å². The van der Waals surface area contributed by atoms with E-state index in [4.69, 9.17) is 0 Å². The van der Waals surface area contributed by atoms with E-state index in [2.05, 4.69) is 96.9 Å². The smallest absolute Gasteiger partial charge is 0.318 e. The van der Waals surface area contributed by atoms with Crippen molar-refractivity contribution in [3.8, 4) is 0 Å². The number of para-hydroxylation sites is 1. The van der Waals surface area contributed by atoms with Gasteiger partial charge in [0, 0.05) is 29.7 Å².